The topological polar surface area (TPSA) is 41.1 Å². The Bertz CT molecular complexity index is 550. The molecule has 0 unspecified atom stereocenters. The number of aromatic nitrogens is 2. The summed E-state index contributed by atoms with van der Waals surface area (Å²) in [5, 5.41) is 6.91. The molecule has 0 saturated heterocycles. The first-order valence-corrected chi connectivity index (χ1v) is 8.41. The number of nitrogens with one attached hydrogen (secondary N) is 1. The van der Waals surface area contributed by atoms with Crippen molar-refractivity contribution in [3.63, 3.8) is 0 Å². The number of hydrogen-bond donors (Lipinski definition) is 1. The zero-order chi connectivity index (χ0) is 14.5. The molecular weight excluding hydrogens is 280 g/mol. The highest BCUT2D eigenvalue weighted by atomic mass is 32.1. The van der Waals surface area contributed by atoms with E-state index in [9.17, 15) is 0 Å². The molecule has 0 atom stereocenters. The summed E-state index contributed by atoms with van der Waals surface area (Å²) in [5.41, 5.74) is 2.52. The van der Waals surface area contributed by atoms with Crippen LogP contribution in [-0.4, -0.2) is 34.5 Å². The average Bonchev–Trinajstić information content (AvgIpc) is 3.24. The first-order valence-electron chi connectivity index (χ1n) is 7.54. The molecule has 2 aromatic rings. The Morgan fingerprint density at radius 3 is 2.90 bits per heavy atom. The highest BCUT2D eigenvalue weighted by molar-refractivity contribution is 7.09. The van der Waals surface area contributed by atoms with Crippen LogP contribution in [0.15, 0.2) is 29.9 Å². The Morgan fingerprint density at radius 1 is 1.33 bits per heavy atom. The maximum atomic E-state index is 4.71. The molecule has 1 aliphatic rings. The second kappa shape index (κ2) is 7.11. The maximum absolute atomic E-state index is 4.71. The Kier molecular flexibility index (Phi) is 4.95. The van der Waals surface area contributed by atoms with E-state index in [1.54, 1.807) is 11.3 Å². The normalized spacial score (nSPS) is 14.8. The van der Waals surface area contributed by atoms with Crippen LogP contribution in [0, 0.1) is 0 Å². The van der Waals surface area contributed by atoms with Crippen LogP contribution >= 0.6 is 11.3 Å². The van der Waals surface area contributed by atoms with Crippen LogP contribution in [0.1, 0.15) is 29.1 Å². The van der Waals surface area contributed by atoms with Crippen molar-refractivity contribution in [2.45, 2.75) is 38.4 Å². The number of thiazole rings is 1. The molecule has 112 valence electrons. The Morgan fingerprint density at radius 2 is 2.14 bits per heavy atom. The Labute approximate surface area is 130 Å². The average molecular weight is 302 g/mol. The number of hydrogen-bond acceptors (Lipinski definition) is 5. The first kappa shape index (κ1) is 14.6. The fourth-order valence-electron chi connectivity index (χ4n) is 2.25. The van der Waals surface area contributed by atoms with Gasteiger partial charge in [0.05, 0.1) is 5.69 Å². The van der Waals surface area contributed by atoms with E-state index in [2.05, 4.69) is 39.8 Å². The van der Waals surface area contributed by atoms with Crippen LogP contribution < -0.4 is 5.32 Å². The lowest BCUT2D eigenvalue weighted by molar-refractivity contribution is 0.327. The van der Waals surface area contributed by atoms with E-state index in [0.717, 1.165) is 32.1 Å². The lowest BCUT2D eigenvalue weighted by atomic mass is 10.2. The summed E-state index contributed by atoms with van der Waals surface area (Å²) in [4.78, 5) is 11.1. The highest BCUT2D eigenvalue weighted by Crippen LogP contribution is 2.20. The van der Waals surface area contributed by atoms with E-state index in [4.69, 9.17) is 4.98 Å². The Hall–Kier alpha value is -1.30. The number of likely N-dealkylation sites (N-methyl/N-ethyl adjacent to an activating group) is 1. The fraction of sp³-hybridized carbons (Fsp3) is 0.500. The van der Waals surface area contributed by atoms with Crippen molar-refractivity contribution >= 4 is 11.3 Å². The molecule has 0 spiro atoms. The molecule has 1 saturated carbocycles. The van der Waals surface area contributed by atoms with Crippen molar-refractivity contribution in [1.82, 2.24) is 20.2 Å². The molecular formula is C16H22N4S. The van der Waals surface area contributed by atoms with Crippen LogP contribution in [0.3, 0.4) is 0 Å². The van der Waals surface area contributed by atoms with Gasteiger partial charge in [-0.3, -0.25) is 4.98 Å². The molecule has 0 amide bonds. The summed E-state index contributed by atoms with van der Waals surface area (Å²) in [6.07, 6.45) is 7.43. The van der Waals surface area contributed by atoms with Gasteiger partial charge in [0.25, 0.3) is 0 Å². The van der Waals surface area contributed by atoms with E-state index in [-0.39, 0.29) is 0 Å². The van der Waals surface area contributed by atoms with Crippen LogP contribution in [0.2, 0.25) is 0 Å². The van der Waals surface area contributed by atoms with Gasteiger partial charge in [-0.2, -0.15) is 0 Å². The minimum Gasteiger partial charge on any atom is -0.308 e. The zero-order valence-electron chi connectivity index (χ0n) is 12.5. The van der Waals surface area contributed by atoms with Crippen molar-refractivity contribution in [1.29, 1.82) is 0 Å². The van der Waals surface area contributed by atoms with Gasteiger partial charge in [0.1, 0.15) is 5.01 Å². The standard InChI is InChI=1S/C16H22N4S/c1-20(9-6-13-4-7-17-8-5-13)11-15-12-21-16(19-15)10-18-14-2-3-14/h4-5,7-8,12,14,18H,2-3,6,9-11H2,1H3. The highest BCUT2D eigenvalue weighted by Gasteiger charge is 2.20. The smallest absolute Gasteiger partial charge is 0.107 e. The van der Waals surface area contributed by atoms with Gasteiger partial charge < -0.3 is 10.2 Å². The van der Waals surface area contributed by atoms with Gasteiger partial charge in [0.15, 0.2) is 0 Å². The summed E-state index contributed by atoms with van der Waals surface area (Å²) in [6.45, 7) is 2.89. The quantitative estimate of drug-likeness (QED) is 0.813. The third-order valence-corrected chi connectivity index (χ3v) is 4.58. The van der Waals surface area contributed by atoms with E-state index >= 15 is 0 Å². The van der Waals surface area contributed by atoms with Crippen molar-refractivity contribution < 1.29 is 0 Å². The molecule has 2 aromatic heterocycles. The van der Waals surface area contributed by atoms with Crippen molar-refractivity contribution in [2.24, 2.45) is 0 Å². The second-order valence-corrected chi connectivity index (χ2v) is 6.67. The lowest BCUT2D eigenvalue weighted by Crippen LogP contribution is -2.21. The molecule has 0 radical (unpaired) electrons. The molecule has 1 N–H and O–H groups in total. The summed E-state index contributed by atoms with van der Waals surface area (Å²) in [7, 11) is 2.16. The molecule has 21 heavy (non-hydrogen) atoms. The van der Waals surface area contributed by atoms with Gasteiger partial charge in [-0.15, -0.1) is 11.3 Å². The number of pyridine rings is 1. The summed E-state index contributed by atoms with van der Waals surface area (Å²) >= 11 is 1.77. The molecule has 5 heteroatoms. The Balaban J connectivity index is 1.42. The predicted octanol–water partition coefficient (Wildman–Crippen LogP) is 2.46. The van der Waals surface area contributed by atoms with E-state index < -0.39 is 0 Å². The second-order valence-electron chi connectivity index (χ2n) is 5.73. The largest absolute Gasteiger partial charge is 0.308 e. The predicted molar refractivity (Wildman–Crippen MR) is 86.3 cm³/mol. The van der Waals surface area contributed by atoms with Gasteiger partial charge >= 0.3 is 0 Å². The molecule has 0 aliphatic heterocycles. The van der Waals surface area contributed by atoms with E-state index in [0.29, 0.717) is 0 Å². The summed E-state index contributed by atoms with van der Waals surface area (Å²) in [6, 6.07) is 4.91. The van der Waals surface area contributed by atoms with Crippen molar-refractivity contribution in [3.05, 3.63) is 46.2 Å². The minimum atomic E-state index is 0.750. The molecule has 3 rings (SSSR count). The molecule has 4 nitrogen and oxygen atoms in total. The SMILES string of the molecule is CN(CCc1ccncc1)Cc1csc(CNC2CC2)n1. The number of rotatable bonds is 8. The van der Waals surface area contributed by atoms with Gasteiger partial charge in [-0.05, 0) is 44.0 Å². The van der Waals surface area contributed by atoms with Crippen LogP contribution in [0.5, 0.6) is 0 Å². The van der Waals surface area contributed by atoms with Crippen LogP contribution in [0.4, 0.5) is 0 Å². The molecule has 0 bridgehead atoms. The molecule has 0 aromatic carbocycles. The van der Waals surface area contributed by atoms with E-state index in [1.807, 2.05) is 12.4 Å². The molecule has 1 fully saturated rings. The van der Waals surface area contributed by atoms with Gasteiger partial charge in [0, 0.05) is 43.4 Å². The third kappa shape index (κ3) is 4.88. The van der Waals surface area contributed by atoms with Crippen molar-refractivity contribution in [3.8, 4) is 0 Å². The van der Waals surface area contributed by atoms with Crippen molar-refractivity contribution in [2.75, 3.05) is 13.6 Å². The minimum absolute atomic E-state index is 0.750. The van der Waals surface area contributed by atoms with Gasteiger partial charge in [-0.1, -0.05) is 0 Å². The maximum Gasteiger partial charge on any atom is 0.107 e. The molecule has 2 heterocycles. The summed E-state index contributed by atoms with van der Waals surface area (Å²) in [5.74, 6) is 0. The van der Waals surface area contributed by atoms with Gasteiger partial charge in [0.2, 0.25) is 0 Å². The monoisotopic (exact) mass is 302 g/mol. The third-order valence-electron chi connectivity index (χ3n) is 3.68. The first-order chi connectivity index (χ1) is 10.3. The summed E-state index contributed by atoms with van der Waals surface area (Å²) < 4.78 is 0. The van der Waals surface area contributed by atoms with Gasteiger partial charge in [-0.25, -0.2) is 4.98 Å². The lowest BCUT2D eigenvalue weighted by Gasteiger charge is -2.14. The van der Waals surface area contributed by atoms with E-state index in [1.165, 1.54) is 29.1 Å². The zero-order valence-corrected chi connectivity index (χ0v) is 13.3. The number of nitrogens with zero attached hydrogens (tertiary/aromatic N) is 3. The molecule has 1 aliphatic carbocycles. The van der Waals surface area contributed by atoms with Crippen LogP contribution in [0.25, 0.3) is 0 Å². The fourth-order valence-corrected chi connectivity index (χ4v) is 2.98. The van der Waals surface area contributed by atoms with Crippen LogP contribution in [-0.2, 0) is 19.5 Å².